The summed E-state index contributed by atoms with van der Waals surface area (Å²) in [7, 11) is 0. The van der Waals surface area contributed by atoms with Gasteiger partial charge in [0.15, 0.2) is 16.3 Å². The van der Waals surface area contributed by atoms with Crippen LogP contribution in [0.1, 0.15) is 29.9 Å². The Morgan fingerprint density at radius 2 is 2.08 bits per heavy atom. The van der Waals surface area contributed by atoms with Crippen molar-refractivity contribution in [2.75, 3.05) is 0 Å². The molecule has 1 aliphatic carbocycles. The van der Waals surface area contributed by atoms with Crippen LogP contribution in [-0.2, 0) is 0 Å². The van der Waals surface area contributed by atoms with E-state index in [-0.39, 0.29) is 0 Å². The molecule has 1 fully saturated rings. The number of benzene rings is 1. The molecular formula is C10H10Br2O. The van der Waals surface area contributed by atoms with Crippen LogP contribution in [0.15, 0.2) is 16.6 Å². The maximum atomic E-state index is 5.16. The number of aryl methyl sites for hydroxylation is 1. The molecule has 13 heavy (non-hydrogen) atoms. The second-order valence-corrected chi connectivity index (χ2v) is 4.67. The highest BCUT2D eigenvalue weighted by atomic mass is 79.9. The molecule has 1 aromatic carbocycles. The zero-order valence-corrected chi connectivity index (χ0v) is 10.5. The van der Waals surface area contributed by atoms with Gasteiger partial charge >= 0.3 is 0 Å². The van der Waals surface area contributed by atoms with Crippen LogP contribution in [0.25, 0.3) is 0 Å². The summed E-state index contributed by atoms with van der Waals surface area (Å²) in [5.41, 5.74) is 2.60. The highest BCUT2D eigenvalue weighted by Gasteiger charge is 2.27. The summed E-state index contributed by atoms with van der Waals surface area (Å²) < 4.78 is 6.27. The summed E-state index contributed by atoms with van der Waals surface area (Å²) in [5, 5.41) is 0. The van der Waals surface area contributed by atoms with Gasteiger partial charge in [0.25, 0.3) is 0 Å². The molecule has 2 rings (SSSR count). The predicted molar refractivity (Wildman–Crippen MR) is 60.4 cm³/mol. The summed E-state index contributed by atoms with van der Waals surface area (Å²) in [6.45, 7) is 2.11. The summed E-state index contributed by atoms with van der Waals surface area (Å²) in [6.07, 6.45) is 2.59. The van der Waals surface area contributed by atoms with E-state index in [0.29, 0.717) is 0 Å². The van der Waals surface area contributed by atoms with Crippen molar-refractivity contribution < 1.29 is 3.83 Å². The van der Waals surface area contributed by atoms with Crippen LogP contribution in [0.4, 0.5) is 0 Å². The van der Waals surface area contributed by atoms with E-state index in [0.717, 1.165) is 16.1 Å². The van der Waals surface area contributed by atoms with E-state index < -0.39 is 0 Å². The average molecular weight is 306 g/mol. The molecular weight excluding hydrogens is 296 g/mol. The molecule has 1 saturated carbocycles. The topological polar surface area (TPSA) is 9.23 Å². The Morgan fingerprint density at radius 1 is 1.38 bits per heavy atom. The minimum absolute atomic E-state index is 0.722. The number of halogens is 2. The van der Waals surface area contributed by atoms with Crippen molar-refractivity contribution in [2.24, 2.45) is 0 Å². The van der Waals surface area contributed by atoms with Crippen molar-refractivity contribution in [2.45, 2.75) is 25.7 Å². The molecule has 0 aromatic heterocycles. The zero-order valence-electron chi connectivity index (χ0n) is 7.31. The van der Waals surface area contributed by atoms with Gasteiger partial charge < -0.3 is 3.83 Å². The summed E-state index contributed by atoms with van der Waals surface area (Å²) >= 11 is 6.53. The van der Waals surface area contributed by atoms with Gasteiger partial charge in [0.2, 0.25) is 0 Å². The monoisotopic (exact) mass is 304 g/mol. The van der Waals surface area contributed by atoms with Crippen LogP contribution in [0.3, 0.4) is 0 Å². The van der Waals surface area contributed by atoms with Crippen molar-refractivity contribution in [1.82, 2.24) is 0 Å². The molecule has 3 heteroatoms. The van der Waals surface area contributed by atoms with Crippen LogP contribution < -0.4 is 3.83 Å². The first-order valence-corrected chi connectivity index (χ1v) is 5.75. The fraction of sp³-hybridized carbons (Fsp3) is 0.400. The molecule has 0 radical (unpaired) electrons. The van der Waals surface area contributed by atoms with E-state index in [4.69, 9.17) is 3.83 Å². The zero-order chi connectivity index (χ0) is 9.42. The van der Waals surface area contributed by atoms with E-state index in [9.17, 15) is 0 Å². The molecule has 1 aromatic rings. The largest absolute Gasteiger partial charge is 0.418 e. The van der Waals surface area contributed by atoms with Crippen LogP contribution in [0.2, 0.25) is 0 Å². The smallest absolute Gasteiger partial charge is 0.179 e. The van der Waals surface area contributed by atoms with E-state index >= 15 is 0 Å². The number of rotatable bonds is 2. The fourth-order valence-electron chi connectivity index (χ4n) is 1.47. The van der Waals surface area contributed by atoms with E-state index in [1.165, 1.54) is 24.0 Å². The number of hydrogen-bond acceptors (Lipinski definition) is 1. The van der Waals surface area contributed by atoms with Gasteiger partial charge in [-0.25, -0.2) is 0 Å². The maximum absolute atomic E-state index is 5.16. The van der Waals surface area contributed by atoms with Crippen LogP contribution in [0.5, 0.6) is 5.75 Å². The van der Waals surface area contributed by atoms with Crippen LogP contribution in [-0.4, -0.2) is 0 Å². The number of hydrogen-bond donors (Lipinski definition) is 0. The Bertz CT molecular complexity index is 332. The van der Waals surface area contributed by atoms with Gasteiger partial charge in [0.1, 0.15) is 5.75 Å². The summed E-state index contributed by atoms with van der Waals surface area (Å²) in [6, 6.07) is 4.23. The Kier molecular flexibility index (Phi) is 2.65. The van der Waals surface area contributed by atoms with Crippen molar-refractivity contribution in [3.63, 3.8) is 0 Å². The third-order valence-corrected chi connectivity index (χ3v) is 3.59. The molecule has 0 unspecified atom stereocenters. The Balaban J connectivity index is 2.46. The van der Waals surface area contributed by atoms with Crippen LogP contribution >= 0.6 is 32.2 Å². The third kappa shape index (κ3) is 1.91. The lowest BCUT2D eigenvalue weighted by Crippen LogP contribution is -1.88. The molecule has 1 nitrogen and oxygen atoms in total. The van der Waals surface area contributed by atoms with E-state index in [1.54, 1.807) is 0 Å². The maximum Gasteiger partial charge on any atom is 0.179 e. The van der Waals surface area contributed by atoms with Gasteiger partial charge in [-0.1, -0.05) is 22.0 Å². The minimum atomic E-state index is 0.722. The summed E-state index contributed by atoms with van der Waals surface area (Å²) in [5.74, 6) is 1.67. The highest BCUT2D eigenvalue weighted by Crippen LogP contribution is 2.46. The van der Waals surface area contributed by atoms with Gasteiger partial charge in [-0.05, 0) is 42.9 Å². The lowest BCUT2D eigenvalue weighted by molar-refractivity contribution is 0.663. The first-order valence-electron chi connectivity index (χ1n) is 4.31. The van der Waals surface area contributed by atoms with Crippen molar-refractivity contribution in [3.05, 3.63) is 27.7 Å². The van der Waals surface area contributed by atoms with Crippen molar-refractivity contribution in [1.29, 1.82) is 0 Å². The molecule has 1 aliphatic rings. The van der Waals surface area contributed by atoms with Crippen LogP contribution in [0, 0.1) is 6.92 Å². The van der Waals surface area contributed by atoms with Gasteiger partial charge in [0.05, 0.1) is 0 Å². The Hall–Kier alpha value is -0.0200. The van der Waals surface area contributed by atoms with E-state index in [1.807, 2.05) is 6.07 Å². The van der Waals surface area contributed by atoms with Gasteiger partial charge in [0, 0.05) is 4.47 Å². The SMILES string of the molecule is Cc1cc(C2CC2)c(OBr)cc1Br. The third-order valence-electron chi connectivity index (χ3n) is 2.39. The summed E-state index contributed by atoms with van der Waals surface area (Å²) in [4.78, 5) is 0. The molecule has 0 aliphatic heterocycles. The molecule has 0 bridgehead atoms. The fourth-order valence-corrected chi connectivity index (χ4v) is 2.07. The molecule has 0 N–H and O–H groups in total. The van der Waals surface area contributed by atoms with Gasteiger partial charge in [-0.15, -0.1) is 0 Å². The average Bonchev–Trinajstić information content (AvgIpc) is 2.92. The highest BCUT2D eigenvalue weighted by molar-refractivity contribution is 9.10. The van der Waals surface area contributed by atoms with Gasteiger partial charge in [-0.3, -0.25) is 0 Å². The molecule has 0 saturated heterocycles. The standard InChI is InChI=1S/C10H10Br2O/c1-6-4-8(7-2-3-7)10(13-12)5-9(6)11/h4-5,7H,2-3H2,1H3. The Morgan fingerprint density at radius 3 is 2.62 bits per heavy atom. The molecule has 70 valence electrons. The molecule has 0 heterocycles. The van der Waals surface area contributed by atoms with Gasteiger partial charge in [-0.2, -0.15) is 0 Å². The molecule has 0 atom stereocenters. The molecule has 0 amide bonds. The predicted octanol–water partition coefficient (Wildman–Crippen LogP) is 4.32. The first kappa shape index (κ1) is 9.53. The normalized spacial score (nSPS) is 15.9. The van der Waals surface area contributed by atoms with Crippen molar-refractivity contribution >= 4 is 32.2 Å². The van der Waals surface area contributed by atoms with E-state index in [2.05, 4.69) is 45.2 Å². The molecule has 0 spiro atoms. The van der Waals surface area contributed by atoms with Crippen molar-refractivity contribution in [3.8, 4) is 5.75 Å². The minimum Gasteiger partial charge on any atom is -0.418 e. The lowest BCUT2D eigenvalue weighted by atomic mass is 10.1. The quantitative estimate of drug-likeness (QED) is 0.790. The first-order chi connectivity index (χ1) is 6.22. The Labute approximate surface area is 95.1 Å². The second kappa shape index (κ2) is 3.62. The second-order valence-electron chi connectivity index (χ2n) is 3.49. The lowest BCUT2D eigenvalue weighted by Gasteiger charge is -2.08.